The molecule has 1 rings (SSSR count). The van der Waals surface area contributed by atoms with E-state index in [2.05, 4.69) is 20.8 Å². The van der Waals surface area contributed by atoms with E-state index in [0.717, 1.165) is 6.42 Å². The smallest absolute Gasteiger partial charge is 0.308 e. The Hall–Kier alpha value is -1.05. The van der Waals surface area contributed by atoms with E-state index < -0.39 is 0 Å². The zero-order valence-corrected chi connectivity index (χ0v) is 8.68. The van der Waals surface area contributed by atoms with Crippen LogP contribution in [0, 0.1) is 5.41 Å². The molecule has 0 fully saturated rings. The topological polar surface area (TPSA) is 26.3 Å². The first-order chi connectivity index (χ1) is 5.89. The molecule has 72 valence electrons. The third-order valence-electron chi connectivity index (χ3n) is 1.92. The Bertz CT molecular complexity index is 282. The second kappa shape index (κ2) is 3.36. The molecule has 1 aliphatic carbocycles. The number of esters is 1. The van der Waals surface area contributed by atoms with Gasteiger partial charge in [-0.15, -0.1) is 0 Å². The zero-order valence-electron chi connectivity index (χ0n) is 8.68. The second-order valence-electron chi connectivity index (χ2n) is 4.30. The molecule has 0 aromatic heterocycles. The van der Waals surface area contributed by atoms with Crippen molar-refractivity contribution in [2.24, 2.45) is 5.41 Å². The molecule has 2 heteroatoms. The second-order valence-corrected chi connectivity index (χ2v) is 4.30. The first-order valence-electron chi connectivity index (χ1n) is 4.47. The summed E-state index contributed by atoms with van der Waals surface area (Å²) in [6.45, 7) is 7.74. The number of carbonyl (C=O) groups excluding carboxylic acids is 1. The van der Waals surface area contributed by atoms with Crippen LogP contribution in [0.1, 0.15) is 34.1 Å². The van der Waals surface area contributed by atoms with Crippen molar-refractivity contribution in [1.29, 1.82) is 0 Å². The van der Waals surface area contributed by atoms with Crippen molar-refractivity contribution >= 4 is 5.97 Å². The van der Waals surface area contributed by atoms with Crippen LogP contribution in [0.15, 0.2) is 23.5 Å². The largest absolute Gasteiger partial charge is 0.427 e. The maximum absolute atomic E-state index is 10.7. The van der Waals surface area contributed by atoms with Crippen molar-refractivity contribution in [3.63, 3.8) is 0 Å². The van der Waals surface area contributed by atoms with Crippen molar-refractivity contribution in [2.75, 3.05) is 0 Å². The molecule has 13 heavy (non-hydrogen) atoms. The standard InChI is InChI=1S/C11H16O2/c1-8-5-10(13-9(2)12)7-11(3,4)6-8/h5,7H,6H2,1-4H3. The number of allylic oxidation sites excluding steroid dienone is 3. The van der Waals surface area contributed by atoms with Gasteiger partial charge >= 0.3 is 5.97 Å². The van der Waals surface area contributed by atoms with E-state index in [9.17, 15) is 4.79 Å². The van der Waals surface area contributed by atoms with Crippen LogP contribution in [-0.4, -0.2) is 5.97 Å². The van der Waals surface area contributed by atoms with Crippen molar-refractivity contribution in [3.05, 3.63) is 23.5 Å². The molecule has 0 bridgehead atoms. The zero-order chi connectivity index (χ0) is 10.1. The lowest BCUT2D eigenvalue weighted by atomic mass is 9.82. The normalized spacial score (nSPS) is 20.3. The first kappa shape index (κ1) is 10.0. The third kappa shape index (κ3) is 3.05. The molecule has 0 atom stereocenters. The van der Waals surface area contributed by atoms with Crippen molar-refractivity contribution in [2.45, 2.75) is 34.1 Å². The summed E-state index contributed by atoms with van der Waals surface area (Å²) in [5.74, 6) is 0.425. The summed E-state index contributed by atoms with van der Waals surface area (Å²) in [5.41, 5.74) is 1.35. The molecule has 2 nitrogen and oxygen atoms in total. The van der Waals surface area contributed by atoms with Gasteiger partial charge in [0.2, 0.25) is 0 Å². The fourth-order valence-electron chi connectivity index (χ4n) is 1.72. The summed E-state index contributed by atoms with van der Waals surface area (Å²) in [5, 5.41) is 0. The molecular formula is C11H16O2. The summed E-state index contributed by atoms with van der Waals surface area (Å²) in [4.78, 5) is 10.7. The molecule has 0 saturated carbocycles. The van der Waals surface area contributed by atoms with Gasteiger partial charge in [-0.2, -0.15) is 0 Å². The molecule has 0 unspecified atom stereocenters. The Labute approximate surface area is 79.3 Å². The third-order valence-corrected chi connectivity index (χ3v) is 1.92. The summed E-state index contributed by atoms with van der Waals surface area (Å²) >= 11 is 0. The molecule has 0 radical (unpaired) electrons. The highest BCUT2D eigenvalue weighted by Gasteiger charge is 2.21. The lowest BCUT2D eigenvalue weighted by Gasteiger charge is -2.25. The Morgan fingerprint density at radius 3 is 2.62 bits per heavy atom. The van der Waals surface area contributed by atoms with Gasteiger partial charge in [0.1, 0.15) is 5.76 Å². The van der Waals surface area contributed by atoms with Crippen LogP contribution in [0.5, 0.6) is 0 Å². The number of carbonyl (C=O) groups is 1. The van der Waals surface area contributed by atoms with Gasteiger partial charge in [0, 0.05) is 6.92 Å². The molecule has 0 aromatic carbocycles. The van der Waals surface area contributed by atoms with Gasteiger partial charge < -0.3 is 4.74 Å². The Morgan fingerprint density at radius 1 is 1.54 bits per heavy atom. The van der Waals surface area contributed by atoms with Gasteiger partial charge in [0.25, 0.3) is 0 Å². The average molecular weight is 180 g/mol. The van der Waals surface area contributed by atoms with Gasteiger partial charge in [-0.25, -0.2) is 0 Å². The van der Waals surface area contributed by atoms with E-state index in [1.54, 1.807) is 0 Å². The predicted molar refractivity (Wildman–Crippen MR) is 52.0 cm³/mol. The lowest BCUT2D eigenvalue weighted by molar-refractivity contribution is -0.136. The summed E-state index contributed by atoms with van der Waals surface area (Å²) in [7, 11) is 0. The average Bonchev–Trinajstić information content (AvgIpc) is 1.78. The molecule has 0 saturated heterocycles. The van der Waals surface area contributed by atoms with E-state index in [1.807, 2.05) is 12.2 Å². The van der Waals surface area contributed by atoms with Crippen LogP contribution >= 0.6 is 0 Å². The van der Waals surface area contributed by atoms with Crippen LogP contribution in [0.25, 0.3) is 0 Å². The minimum Gasteiger partial charge on any atom is -0.427 e. The van der Waals surface area contributed by atoms with Crippen LogP contribution in [-0.2, 0) is 9.53 Å². The number of hydrogen-bond acceptors (Lipinski definition) is 2. The molecule has 0 N–H and O–H groups in total. The molecule has 0 aromatic rings. The van der Waals surface area contributed by atoms with Crippen LogP contribution in [0.2, 0.25) is 0 Å². The highest BCUT2D eigenvalue weighted by Crippen LogP contribution is 2.33. The highest BCUT2D eigenvalue weighted by atomic mass is 16.5. The van der Waals surface area contributed by atoms with Gasteiger partial charge in [0.15, 0.2) is 0 Å². The molecule has 0 amide bonds. The molecule has 0 spiro atoms. The van der Waals surface area contributed by atoms with Crippen LogP contribution < -0.4 is 0 Å². The first-order valence-corrected chi connectivity index (χ1v) is 4.47. The molecular weight excluding hydrogens is 164 g/mol. The fraction of sp³-hybridized carbons (Fsp3) is 0.545. The van der Waals surface area contributed by atoms with Gasteiger partial charge in [-0.1, -0.05) is 19.4 Å². The SMILES string of the molecule is CC(=O)OC1=CC(C)(C)CC(C)=C1. The van der Waals surface area contributed by atoms with E-state index in [0.29, 0.717) is 5.76 Å². The van der Waals surface area contributed by atoms with E-state index in [-0.39, 0.29) is 11.4 Å². The fourth-order valence-corrected chi connectivity index (χ4v) is 1.72. The highest BCUT2D eigenvalue weighted by molar-refractivity contribution is 5.67. The lowest BCUT2D eigenvalue weighted by Crippen LogP contribution is -2.14. The molecule has 0 aliphatic heterocycles. The van der Waals surface area contributed by atoms with E-state index in [1.165, 1.54) is 12.5 Å². The maximum atomic E-state index is 10.7. The van der Waals surface area contributed by atoms with Crippen LogP contribution in [0.4, 0.5) is 0 Å². The quantitative estimate of drug-likeness (QED) is 0.580. The van der Waals surface area contributed by atoms with Crippen molar-refractivity contribution < 1.29 is 9.53 Å². The van der Waals surface area contributed by atoms with Gasteiger partial charge in [-0.05, 0) is 30.9 Å². The number of ether oxygens (including phenoxy) is 1. The molecule has 0 heterocycles. The van der Waals surface area contributed by atoms with Crippen LogP contribution in [0.3, 0.4) is 0 Å². The van der Waals surface area contributed by atoms with E-state index >= 15 is 0 Å². The molecule has 1 aliphatic rings. The maximum Gasteiger partial charge on any atom is 0.308 e. The summed E-state index contributed by atoms with van der Waals surface area (Å²) in [6, 6.07) is 0. The van der Waals surface area contributed by atoms with Crippen molar-refractivity contribution in [3.8, 4) is 0 Å². The number of hydrogen-bond donors (Lipinski definition) is 0. The van der Waals surface area contributed by atoms with Crippen molar-refractivity contribution in [1.82, 2.24) is 0 Å². The van der Waals surface area contributed by atoms with Gasteiger partial charge in [0.05, 0.1) is 0 Å². The minimum atomic E-state index is -0.256. The van der Waals surface area contributed by atoms with E-state index in [4.69, 9.17) is 4.74 Å². The summed E-state index contributed by atoms with van der Waals surface area (Å²) < 4.78 is 5.04. The van der Waals surface area contributed by atoms with Gasteiger partial charge in [-0.3, -0.25) is 4.79 Å². The Kier molecular flexibility index (Phi) is 2.60. The Balaban J connectivity index is 2.83. The number of rotatable bonds is 1. The minimum absolute atomic E-state index is 0.101. The Morgan fingerprint density at radius 2 is 2.15 bits per heavy atom. The monoisotopic (exact) mass is 180 g/mol. The predicted octanol–water partition coefficient (Wildman–Crippen LogP) is 2.81. The summed E-state index contributed by atoms with van der Waals surface area (Å²) in [6.07, 6.45) is 4.95.